The molecule has 0 radical (unpaired) electrons. The average molecular weight is 410 g/mol. The number of rotatable bonds is 5. The molecule has 0 aliphatic carbocycles. The molecule has 0 aromatic heterocycles. The first kappa shape index (κ1) is 23.0. The van der Waals surface area contributed by atoms with Crippen molar-refractivity contribution >= 4 is 29.3 Å². The van der Waals surface area contributed by atoms with Crippen molar-refractivity contribution in [1.82, 2.24) is 0 Å². The first-order valence-electron chi connectivity index (χ1n) is 6.80. The fraction of sp³-hybridized carbons (Fsp3) is 0.0625. The second-order valence-electron chi connectivity index (χ2n) is 4.88. The fourth-order valence-corrected chi connectivity index (χ4v) is 2.16. The number of carbonyl (C=O) groups is 1. The van der Waals surface area contributed by atoms with Gasteiger partial charge in [-0.25, -0.2) is 0 Å². The first-order chi connectivity index (χ1) is 12.1. The molecular weight excluding hydrogens is 402 g/mol. The smallest absolute Gasteiger partial charge is 0.545 e. The Labute approximate surface area is 177 Å². The van der Waals surface area contributed by atoms with Crippen molar-refractivity contribution in [2.24, 2.45) is 0 Å². The number of ether oxygens (including phenoxy) is 1. The number of carboxylic acid groups (broad SMARTS) is 1. The largest absolute Gasteiger partial charge is 1.00 e. The van der Waals surface area contributed by atoms with Crippen molar-refractivity contribution in [3.05, 3.63) is 68.7 Å². The van der Waals surface area contributed by atoms with E-state index in [0.717, 1.165) is 30.3 Å². The predicted octanol–water partition coefficient (Wildman–Crippen LogP) is 0.826. The summed E-state index contributed by atoms with van der Waals surface area (Å²) in [7, 11) is 0. The van der Waals surface area contributed by atoms with Gasteiger partial charge in [0.1, 0.15) is 11.5 Å². The molecule has 0 N–H and O–H groups in total. The molecule has 2 aromatic carbocycles. The van der Waals surface area contributed by atoms with E-state index in [4.69, 9.17) is 16.3 Å². The number of carbonyl (C=O) groups excluding carboxylic acids is 1. The number of nitrogens with zero attached hydrogens (tertiary/aromatic N) is 1. The molecule has 0 saturated carbocycles. The SMILES string of the molecule is O=C([O-])C=Cc1cc(Oc2ccc(C(F)(F)F)cc2Cl)ccc1[N+](=O)[O-].[Na+]. The molecule has 0 fully saturated rings. The van der Waals surface area contributed by atoms with Crippen LogP contribution in [0.15, 0.2) is 42.5 Å². The fourth-order valence-electron chi connectivity index (χ4n) is 1.94. The number of aliphatic carboxylic acids is 1. The van der Waals surface area contributed by atoms with Gasteiger partial charge < -0.3 is 14.6 Å². The molecule has 136 valence electrons. The number of halogens is 4. The van der Waals surface area contributed by atoms with Crippen molar-refractivity contribution in [3.63, 3.8) is 0 Å². The molecule has 0 saturated heterocycles. The molecular formula is C16H8ClF3NNaO5. The van der Waals surface area contributed by atoms with E-state index in [1.54, 1.807) is 0 Å². The van der Waals surface area contributed by atoms with Crippen LogP contribution in [-0.4, -0.2) is 10.9 Å². The van der Waals surface area contributed by atoms with Gasteiger partial charge in [-0.3, -0.25) is 10.1 Å². The van der Waals surface area contributed by atoms with Gasteiger partial charge in [0, 0.05) is 6.07 Å². The molecule has 2 rings (SSSR count). The van der Waals surface area contributed by atoms with Crippen molar-refractivity contribution in [3.8, 4) is 11.5 Å². The van der Waals surface area contributed by atoms with Gasteiger partial charge in [0.05, 0.1) is 27.0 Å². The minimum Gasteiger partial charge on any atom is -0.545 e. The Morgan fingerprint density at radius 1 is 1.19 bits per heavy atom. The van der Waals surface area contributed by atoms with E-state index in [0.29, 0.717) is 12.1 Å². The van der Waals surface area contributed by atoms with E-state index in [1.165, 1.54) is 6.07 Å². The standard InChI is InChI=1S/C16H9ClF3NO5.Na/c17-12-8-10(16(18,19)20)2-5-14(12)26-11-3-4-13(21(24)25)9(7-11)1-6-15(22)23;/h1-8H,(H,22,23);/q;+1/p-1. The van der Waals surface area contributed by atoms with Gasteiger partial charge in [0.25, 0.3) is 5.69 Å². The zero-order chi connectivity index (χ0) is 19.5. The summed E-state index contributed by atoms with van der Waals surface area (Å²) in [5.74, 6) is -1.66. The molecule has 0 aliphatic rings. The van der Waals surface area contributed by atoms with Gasteiger partial charge in [-0.15, -0.1) is 0 Å². The van der Waals surface area contributed by atoms with Gasteiger partial charge in [0.2, 0.25) is 0 Å². The van der Waals surface area contributed by atoms with Crippen molar-refractivity contribution in [1.29, 1.82) is 0 Å². The number of alkyl halides is 3. The van der Waals surface area contributed by atoms with Crippen LogP contribution in [0.3, 0.4) is 0 Å². The summed E-state index contributed by atoms with van der Waals surface area (Å²) in [4.78, 5) is 20.7. The zero-order valence-electron chi connectivity index (χ0n) is 13.6. The summed E-state index contributed by atoms with van der Waals surface area (Å²) in [6.45, 7) is 0. The Morgan fingerprint density at radius 3 is 2.37 bits per heavy atom. The molecule has 0 amide bonds. The first-order valence-corrected chi connectivity index (χ1v) is 7.18. The predicted molar refractivity (Wildman–Crippen MR) is 83.7 cm³/mol. The van der Waals surface area contributed by atoms with E-state index >= 15 is 0 Å². The van der Waals surface area contributed by atoms with Gasteiger partial charge >= 0.3 is 35.7 Å². The van der Waals surface area contributed by atoms with Crippen molar-refractivity contribution in [2.75, 3.05) is 0 Å². The molecule has 0 heterocycles. The van der Waals surface area contributed by atoms with Crippen LogP contribution in [0.5, 0.6) is 11.5 Å². The van der Waals surface area contributed by atoms with E-state index in [1.807, 2.05) is 0 Å². The molecule has 0 atom stereocenters. The summed E-state index contributed by atoms with van der Waals surface area (Å²) in [6, 6.07) is 5.85. The van der Waals surface area contributed by atoms with Gasteiger partial charge in [0.15, 0.2) is 0 Å². The average Bonchev–Trinajstić information content (AvgIpc) is 2.53. The van der Waals surface area contributed by atoms with Crippen LogP contribution < -0.4 is 39.4 Å². The summed E-state index contributed by atoms with van der Waals surface area (Å²) in [5.41, 5.74) is -1.45. The summed E-state index contributed by atoms with van der Waals surface area (Å²) >= 11 is 5.78. The summed E-state index contributed by atoms with van der Waals surface area (Å²) in [6.07, 6.45) is -3.04. The van der Waals surface area contributed by atoms with Crippen LogP contribution in [-0.2, 0) is 11.0 Å². The van der Waals surface area contributed by atoms with Gasteiger partial charge in [-0.1, -0.05) is 11.6 Å². The molecule has 11 heteroatoms. The molecule has 0 spiro atoms. The number of nitro benzene ring substituents is 1. The van der Waals surface area contributed by atoms with Gasteiger partial charge in [-0.2, -0.15) is 13.2 Å². The minimum absolute atomic E-state index is 0. The maximum atomic E-state index is 12.6. The molecule has 0 bridgehead atoms. The van der Waals surface area contributed by atoms with Gasteiger partial charge in [-0.05, 0) is 42.5 Å². The Hall–Kier alpha value is -2.07. The number of hydrogen-bond donors (Lipinski definition) is 0. The Morgan fingerprint density at radius 2 is 1.85 bits per heavy atom. The van der Waals surface area contributed by atoms with E-state index in [-0.39, 0.29) is 51.6 Å². The van der Waals surface area contributed by atoms with Crippen LogP contribution in [0, 0.1) is 10.1 Å². The number of hydrogen-bond acceptors (Lipinski definition) is 5. The molecule has 0 aliphatic heterocycles. The maximum Gasteiger partial charge on any atom is 1.00 e. The van der Waals surface area contributed by atoms with E-state index in [9.17, 15) is 33.2 Å². The minimum atomic E-state index is -4.57. The molecule has 6 nitrogen and oxygen atoms in total. The van der Waals surface area contributed by atoms with E-state index in [2.05, 4.69) is 0 Å². The Kier molecular flexibility index (Phi) is 7.85. The monoisotopic (exact) mass is 409 g/mol. The normalized spacial score (nSPS) is 11.1. The van der Waals surface area contributed by atoms with Crippen LogP contribution in [0.4, 0.5) is 18.9 Å². The zero-order valence-corrected chi connectivity index (χ0v) is 16.4. The quantitative estimate of drug-likeness (QED) is 0.316. The third-order valence-corrected chi connectivity index (χ3v) is 3.38. The third-order valence-electron chi connectivity index (χ3n) is 3.08. The summed E-state index contributed by atoms with van der Waals surface area (Å²) < 4.78 is 43.2. The van der Waals surface area contributed by atoms with Crippen LogP contribution >= 0.6 is 11.6 Å². The Balaban J connectivity index is 0.00000364. The van der Waals surface area contributed by atoms with E-state index < -0.39 is 28.3 Å². The topological polar surface area (TPSA) is 92.5 Å². The van der Waals surface area contributed by atoms with Crippen LogP contribution in [0.1, 0.15) is 11.1 Å². The second-order valence-corrected chi connectivity index (χ2v) is 5.28. The number of nitro groups is 1. The van der Waals surface area contributed by atoms with Crippen LogP contribution in [0.25, 0.3) is 6.08 Å². The number of benzene rings is 2. The summed E-state index contributed by atoms with van der Waals surface area (Å²) in [5, 5.41) is 21.1. The molecule has 0 unspecified atom stereocenters. The van der Waals surface area contributed by atoms with Crippen molar-refractivity contribution in [2.45, 2.75) is 6.18 Å². The van der Waals surface area contributed by atoms with Crippen LogP contribution in [0.2, 0.25) is 5.02 Å². The number of carboxylic acids is 1. The molecule has 2 aromatic rings. The van der Waals surface area contributed by atoms with Crippen molar-refractivity contribution < 1.29 is 62.3 Å². The molecule has 27 heavy (non-hydrogen) atoms. The second kappa shape index (κ2) is 9.23. The Bertz CT molecular complexity index is 902. The third kappa shape index (κ3) is 6.24. The maximum absolute atomic E-state index is 12.6.